The molecule has 0 aromatic carbocycles. The van der Waals surface area contributed by atoms with E-state index in [1.807, 2.05) is 29.7 Å². The van der Waals surface area contributed by atoms with Crippen molar-refractivity contribution in [3.05, 3.63) is 11.9 Å². The van der Waals surface area contributed by atoms with Gasteiger partial charge in [0.05, 0.1) is 11.9 Å². The zero-order chi connectivity index (χ0) is 9.97. The second kappa shape index (κ2) is 4.31. The van der Waals surface area contributed by atoms with Gasteiger partial charge in [-0.05, 0) is 12.2 Å². The lowest BCUT2D eigenvalue weighted by molar-refractivity contribution is 0.497. The molecule has 0 spiro atoms. The van der Waals surface area contributed by atoms with Crippen LogP contribution < -0.4 is 5.32 Å². The summed E-state index contributed by atoms with van der Waals surface area (Å²) in [7, 11) is 1.93. The van der Waals surface area contributed by atoms with E-state index in [4.69, 9.17) is 0 Å². The number of rotatable bonds is 3. The van der Waals surface area contributed by atoms with Gasteiger partial charge in [-0.2, -0.15) is 11.8 Å². The molecule has 2 unspecified atom stereocenters. The van der Waals surface area contributed by atoms with Gasteiger partial charge < -0.3 is 5.32 Å². The van der Waals surface area contributed by atoms with Crippen molar-refractivity contribution in [2.75, 3.05) is 5.75 Å². The monoisotopic (exact) mass is 212 g/mol. The fraction of sp³-hybridized carbons (Fsp3) is 0.778. The third-order valence-corrected chi connectivity index (χ3v) is 4.06. The number of nitrogens with zero attached hydrogens (tertiary/aromatic N) is 3. The van der Waals surface area contributed by atoms with E-state index in [0.29, 0.717) is 6.04 Å². The van der Waals surface area contributed by atoms with E-state index in [2.05, 4.69) is 22.6 Å². The van der Waals surface area contributed by atoms with Gasteiger partial charge in [-0.15, -0.1) is 5.10 Å². The molecule has 2 atom stereocenters. The molecule has 1 N–H and O–H groups in total. The molecule has 1 aliphatic heterocycles. The first-order valence-corrected chi connectivity index (χ1v) is 6.01. The molecule has 2 rings (SSSR count). The SMILES string of the molecule is CC1SCCC1NCc1cnnn1C. The first kappa shape index (κ1) is 9.98. The molecule has 0 amide bonds. The summed E-state index contributed by atoms with van der Waals surface area (Å²) >= 11 is 2.05. The molecule has 2 heterocycles. The lowest BCUT2D eigenvalue weighted by Crippen LogP contribution is -2.33. The van der Waals surface area contributed by atoms with E-state index in [0.717, 1.165) is 17.5 Å². The van der Waals surface area contributed by atoms with Crippen molar-refractivity contribution < 1.29 is 0 Å². The highest BCUT2D eigenvalue weighted by Gasteiger charge is 2.23. The van der Waals surface area contributed by atoms with E-state index >= 15 is 0 Å². The van der Waals surface area contributed by atoms with Gasteiger partial charge in [-0.1, -0.05) is 12.1 Å². The van der Waals surface area contributed by atoms with Gasteiger partial charge in [-0.25, -0.2) is 0 Å². The van der Waals surface area contributed by atoms with Crippen molar-refractivity contribution >= 4 is 11.8 Å². The smallest absolute Gasteiger partial charge is 0.0738 e. The van der Waals surface area contributed by atoms with Crippen LogP contribution in [0.2, 0.25) is 0 Å². The topological polar surface area (TPSA) is 42.7 Å². The van der Waals surface area contributed by atoms with Crippen LogP contribution in [0.25, 0.3) is 0 Å². The van der Waals surface area contributed by atoms with Crippen LogP contribution in [-0.4, -0.2) is 32.0 Å². The van der Waals surface area contributed by atoms with Gasteiger partial charge in [0, 0.05) is 24.9 Å². The Morgan fingerprint density at radius 1 is 1.71 bits per heavy atom. The molecule has 4 nitrogen and oxygen atoms in total. The highest BCUT2D eigenvalue weighted by Crippen LogP contribution is 2.26. The van der Waals surface area contributed by atoms with Gasteiger partial charge in [-0.3, -0.25) is 4.68 Å². The summed E-state index contributed by atoms with van der Waals surface area (Å²) in [4.78, 5) is 0. The van der Waals surface area contributed by atoms with E-state index < -0.39 is 0 Å². The normalized spacial score (nSPS) is 27.0. The summed E-state index contributed by atoms with van der Waals surface area (Å²) in [5.41, 5.74) is 1.15. The van der Waals surface area contributed by atoms with Gasteiger partial charge in [0.15, 0.2) is 0 Å². The molecular weight excluding hydrogens is 196 g/mol. The minimum atomic E-state index is 0.648. The molecule has 78 valence electrons. The van der Waals surface area contributed by atoms with Gasteiger partial charge in [0.1, 0.15) is 0 Å². The standard InChI is InChI=1S/C9H16N4S/c1-7-9(3-4-14-7)10-5-8-6-11-12-13(8)2/h6-7,9-10H,3-5H2,1-2H3. The Hall–Kier alpha value is -0.550. The Labute approximate surface area is 88.4 Å². The third-order valence-electron chi connectivity index (χ3n) is 2.73. The van der Waals surface area contributed by atoms with Crippen LogP contribution in [0.5, 0.6) is 0 Å². The zero-order valence-corrected chi connectivity index (χ0v) is 9.42. The molecular formula is C9H16N4S. The first-order valence-electron chi connectivity index (χ1n) is 4.96. The Morgan fingerprint density at radius 2 is 2.57 bits per heavy atom. The van der Waals surface area contributed by atoms with Crippen molar-refractivity contribution in [3.8, 4) is 0 Å². The number of aryl methyl sites for hydroxylation is 1. The lowest BCUT2D eigenvalue weighted by atomic mass is 10.2. The van der Waals surface area contributed by atoms with Crippen molar-refractivity contribution in [3.63, 3.8) is 0 Å². The van der Waals surface area contributed by atoms with E-state index in [1.54, 1.807) is 0 Å². The van der Waals surface area contributed by atoms with Crippen molar-refractivity contribution in [1.82, 2.24) is 20.3 Å². The minimum Gasteiger partial charge on any atom is -0.307 e. The number of aromatic nitrogens is 3. The maximum Gasteiger partial charge on any atom is 0.0738 e. The van der Waals surface area contributed by atoms with Crippen molar-refractivity contribution in [2.45, 2.75) is 31.2 Å². The molecule has 0 saturated carbocycles. The summed E-state index contributed by atoms with van der Waals surface area (Å²) < 4.78 is 1.82. The Morgan fingerprint density at radius 3 is 3.14 bits per heavy atom. The van der Waals surface area contributed by atoms with E-state index in [9.17, 15) is 0 Å². The van der Waals surface area contributed by atoms with Crippen LogP contribution in [0.4, 0.5) is 0 Å². The Kier molecular flexibility index (Phi) is 3.08. The predicted molar refractivity (Wildman–Crippen MR) is 58.2 cm³/mol. The van der Waals surface area contributed by atoms with Crippen molar-refractivity contribution in [2.24, 2.45) is 7.05 Å². The van der Waals surface area contributed by atoms with Crippen LogP contribution in [0.15, 0.2) is 6.20 Å². The second-order valence-electron chi connectivity index (χ2n) is 3.70. The number of thioether (sulfide) groups is 1. The number of hydrogen-bond donors (Lipinski definition) is 1. The highest BCUT2D eigenvalue weighted by atomic mass is 32.2. The number of nitrogens with one attached hydrogen (secondary N) is 1. The maximum absolute atomic E-state index is 3.90. The molecule has 5 heteroatoms. The summed E-state index contributed by atoms with van der Waals surface area (Å²) in [6.07, 6.45) is 3.09. The average Bonchev–Trinajstić information content (AvgIpc) is 2.72. The van der Waals surface area contributed by atoms with Crippen molar-refractivity contribution in [1.29, 1.82) is 0 Å². The largest absolute Gasteiger partial charge is 0.307 e. The summed E-state index contributed by atoms with van der Waals surface area (Å²) in [6, 6.07) is 0.648. The lowest BCUT2D eigenvalue weighted by Gasteiger charge is -2.15. The number of hydrogen-bond acceptors (Lipinski definition) is 4. The van der Waals surface area contributed by atoms with Crippen LogP contribution >= 0.6 is 11.8 Å². The molecule has 1 fully saturated rings. The van der Waals surface area contributed by atoms with E-state index in [1.165, 1.54) is 12.2 Å². The van der Waals surface area contributed by atoms with Crippen LogP contribution in [0.3, 0.4) is 0 Å². The van der Waals surface area contributed by atoms with Crippen LogP contribution in [-0.2, 0) is 13.6 Å². The molecule has 14 heavy (non-hydrogen) atoms. The van der Waals surface area contributed by atoms with Gasteiger partial charge in [0.25, 0.3) is 0 Å². The van der Waals surface area contributed by atoms with Gasteiger partial charge >= 0.3 is 0 Å². The molecule has 0 radical (unpaired) electrons. The minimum absolute atomic E-state index is 0.648. The Bertz CT molecular complexity index is 299. The average molecular weight is 212 g/mol. The second-order valence-corrected chi connectivity index (χ2v) is 5.19. The molecule has 1 aliphatic rings. The van der Waals surface area contributed by atoms with Crippen LogP contribution in [0.1, 0.15) is 19.0 Å². The zero-order valence-electron chi connectivity index (χ0n) is 8.60. The predicted octanol–water partition coefficient (Wildman–Crippen LogP) is 0.799. The Balaban J connectivity index is 1.85. The molecule has 1 saturated heterocycles. The fourth-order valence-corrected chi connectivity index (χ4v) is 2.93. The molecule has 1 aromatic heterocycles. The summed E-state index contributed by atoms with van der Waals surface area (Å²) in [5.74, 6) is 1.28. The third kappa shape index (κ3) is 2.09. The highest BCUT2D eigenvalue weighted by molar-refractivity contribution is 8.00. The quantitative estimate of drug-likeness (QED) is 0.805. The molecule has 0 aliphatic carbocycles. The molecule has 0 bridgehead atoms. The summed E-state index contributed by atoms with van der Waals surface area (Å²) in [5, 5.41) is 12.0. The van der Waals surface area contributed by atoms with Gasteiger partial charge in [0.2, 0.25) is 0 Å². The summed E-state index contributed by atoms with van der Waals surface area (Å²) in [6.45, 7) is 3.16. The van der Waals surface area contributed by atoms with E-state index in [-0.39, 0.29) is 0 Å². The van der Waals surface area contributed by atoms with Crippen LogP contribution in [0, 0.1) is 0 Å². The first-order chi connectivity index (χ1) is 6.77. The fourth-order valence-electron chi connectivity index (χ4n) is 1.71. The molecule has 1 aromatic rings. The maximum atomic E-state index is 3.90.